The molecule has 0 radical (unpaired) electrons. The summed E-state index contributed by atoms with van der Waals surface area (Å²) in [4.78, 5) is 15.5. The number of esters is 1. The molecule has 3 nitrogen and oxygen atoms in total. The minimum atomic E-state index is -0.237. The van der Waals surface area contributed by atoms with Crippen LogP contribution in [0.1, 0.15) is 10.6 Å². The molecule has 1 heterocycles. The van der Waals surface area contributed by atoms with Crippen molar-refractivity contribution in [3.05, 3.63) is 52.5 Å². The number of rotatable bonds is 4. The van der Waals surface area contributed by atoms with E-state index in [1.165, 1.54) is 11.3 Å². The maximum Gasteiger partial charge on any atom is 0.313 e. The van der Waals surface area contributed by atoms with Crippen LogP contribution in [0.5, 0.6) is 0 Å². The normalized spacial score (nSPS) is 10.0. The van der Waals surface area contributed by atoms with Gasteiger partial charge in [-0.1, -0.05) is 30.3 Å². The third kappa shape index (κ3) is 3.17. The van der Waals surface area contributed by atoms with Gasteiger partial charge in [-0.15, -0.1) is 11.3 Å². The minimum Gasteiger partial charge on any atom is -0.460 e. The Hall–Kier alpha value is -1.68. The van der Waals surface area contributed by atoms with Crippen LogP contribution >= 0.6 is 11.3 Å². The van der Waals surface area contributed by atoms with Crippen molar-refractivity contribution in [1.29, 1.82) is 0 Å². The fourth-order valence-electron chi connectivity index (χ4n) is 1.25. The number of carbonyl (C=O) groups is 1. The first kappa shape index (κ1) is 10.8. The number of thiazole rings is 1. The summed E-state index contributed by atoms with van der Waals surface area (Å²) in [7, 11) is 0. The van der Waals surface area contributed by atoms with E-state index in [0.29, 0.717) is 6.61 Å². The first-order chi connectivity index (χ1) is 7.84. The van der Waals surface area contributed by atoms with Gasteiger partial charge in [-0.05, 0) is 5.56 Å². The molecule has 0 spiro atoms. The summed E-state index contributed by atoms with van der Waals surface area (Å²) in [6.45, 7) is 0.324. The van der Waals surface area contributed by atoms with Gasteiger partial charge in [-0.25, -0.2) is 4.98 Å². The van der Waals surface area contributed by atoms with Crippen molar-refractivity contribution in [2.24, 2.45) is 0 Å². The molecule has 4 heteroatoms. The molecule has 0 amide bonds. The highest BCUT2D eigenvalue weighted by Crippen LogP contribution is 2.07. The lowest BCUT2D eigenvalue weighted by Gasteiger charge is -2.03. The number of ether oxygens (including phenoxy) is 1. The van der Waals surface area contributed by atoms with Crippen LogP contribution in [-0.2, 0) is 22.6 Å². The molecule has 0 aliphatic rings. The van der Waals surface area contributed by atoms with Gasteiger partial charge in [0.1, 0.15) is 11.6 Å². The van der Waals surface area contributed by atoms with E-state index < -0.39 is 0 Å². The van der Waals surface area contributed by atoms with Crippen LogP contribution in [0.4, 0.5) is 0 Å². The summed E-state index contributed by atoms with van der Waals surface area (Å²) in [6, 6.07) is 9.63. The van der Waals surface area contributed by atoms with Gasteiger partial charge in [0, 0.05) is 11.6 Å². The van der Waals surface area contributed by atoms with Crippen molar-refractivity contribution in [2.45, 2.75) is 13.0 Å². The molecule has 2 aromatic rings. The second-order valence-electron chi connectivity index (χ2n) is 3.25. The van der Waals surface area contributed by atoms with Crippen molar-refractivity contribution in [3.8, 4) is 0 Å². The van der Waals surface area contributed by atoms with Crippen LogP contribution in [0.3, 0.4) is 0 Å². The summed E-state index contributed by atoms with van der Waals surface area (Å²) in [5, 5.41) is 2.64. The van der Waals surface area contributed by atoms with Gasteiger partial charge in [0.05, 0.1) is 6.42 Å². The molecule has 1 aromatic carbocycles. The average Bonchev–Trinajstić information content (AvgIpc) is 2.81. The number of benzene rings is 1. The van der Waals surface area contributed by atoms with Crippen molar-refractivity contribution in [1.82, 2.24) is 4.98 Å². The minimum absolute atomic E-state index is 0.237. The zero-order chi connectivity index (χ0) is 11.2. The van der Waals surface area contributed by atoms with Crippen LogP contribution in [0, 0.1) is 0 Å². The number of hydrogen-bond acceptors (Lipinski definition) is 4. The second-order valence-corrected chi connectivity index (χ2v) is 4.23. The molecule has 1 aromatic heterocycles. The SMILES string of the molecule is O=C(Cc1nccs1)OCc1ccccc1. The highest BCUT2D eigenvalue weighted by atomic mass is 32.1. The Morgan fingerprint density at radius 1 is 1.31 bits per heavy atom. The maximum absolute atomic E-state index is 11.4. The van der Waals surface area contributed by atoms with E-state index in [1.54, 1.807) is 6.20 Å². The summed E-state index contributed by atoms with van der Waals surface area (Å²) < 4.78 is 5.13. The van der Waals surface area contributed by atoms with Gasteiger partial charge >= 0.3 is 5.97 Å². The van der Waals surface area contributed by atoms with Gasteiger partial charge in [0.25, 0.3) is 0 Å². The first-order valence-electron chi connectivity index (χ1n) is 4.92. The Morgan fingerprint density at radius 3 is 2.81 bits per heavy atom. The van der Waals surface area contributed by atoms with E-state index in [9.17, 15) is 4.79 Å². The Kier molecular flexibility index (Phi) is 3.66. The van der Waals surface area contributed by atoms with Gasteiger partial charge < -0.3 is 4.74 Å². The molecule has 0 saturated heterocycles. The highest BCUT2D eigenvalue weighted by molar-refractivity contribution is 7.09. The molecule has 0 atom stereocenters. The Balaban J connectivity index is 1.80. The molecular formula is C12H11NO2S. The third-order valence-electron chi connectivity index (χ3n) is 2.02. The van der Waals surface area contributed by atoms with Gasteiger partial charge in [0.2, 0.25) is 0 Å². The predicted octanol–water partition coefficient (Wildman–Crippen LogP) is 2.43. The Morgan fingerprint density at radius 2 is 2.12 bits per heavy atom. The molecule has 0 bridgehead atoms. The molecule has 0 aliphatic carbocycles. The average molecular weight is 233 g/mol. The lowest BCUT2D eigenvalue weighted by atomic mass is 10.2. The third-order valence-corrected chi connectivity index (χ3v) is 2.80. The zero-order valence-corrected chi connectivity index (χ0v) is 9.44. The van der Waals surface area contributed by atoms with Gasteiger partial charge in [-0.3, -0.25) is 4.79 Å². The number of aromatic nitrogens is 1. The van der Waals surface area contributed by atoms with Crippen LogP contribution in [0.2, 0.25) is 0 Å². The number of nitrogens with zero attached hydrogens (tertiary/aromatic N) is 1. The lowest BCUT2D eigenvalue weighted by molar-refractivity contribution is -0.144. The molecule has 0 aliphatic heterocycles. The fraction of sp³-hybridized carbons (Fsp3) is 0.167. The highest BCUT2D eigenvalue weighted by Gasteiger charge is 2.06. The standard InChI is InChI=1S/C12H11NO2S/c14-12(8-11-13-6-7-16-11)15-9-10-4-2-1-3-5-10/h1-7H,8-9H2. The summed E-state index contributed by atoms with van der Waals surface area (Å²) in [5.74, 6) is -0.237. The second kappa shape index (κ2) is 5.42. The Bertz CT molecular complexity index is 439. The molecule has 2 rings (SSSR count). The fourth-order valence-corrected chi connectivity index (χ4v) is 1.85. The van der Waals surface area contributed by atoms with E-state index in [2.05, 4.69) is 4.98 Å². The van der Waals surface area contributed by atoms with E-state index in [0.717, 1.165) is 10.6 Å². The Labute approximate surface area is 97.7 Å². The molecule has 0 fully saturated rings. The van der Waals surface area contributed by atoms with Crippen LogP contribution < -0.4 is 0 Å². The molecule has 82 valence electrons. The zero-order valence-electron chi connectivity index (χ0n) is 8.63. The smallest absolute Gasteiger partial charge is 0.313 e. The van der Waals surface area contributed by atoms with Crippen LogP contribution in [0.15, 0.2) is 41.9 Å². The molecule has 0 N–H and O–H groups in total. The summed E-state index contributed by atoms with van der Waals surface area (Å²) in [6.07, 6.45) is 1.94. The van der Waals surface area contributed by atoms with Crippen molar-refractivity contribution >= 4 is 17.3 Å². The molecule has 0 unspecified atom stereocenters. The van der Waals surface area contributed by atoms with E-state index in [-0.39, 0.29) is 12.4 Å². The van der Waals surface area contributed by atoms with E-state index >= 15 is 0 Å². The van der Waals surface area contributed by atoms with Gasteiger partial charge in [0.15, 0.2) is 0 Å². The van der Waals surface area contributed by atoms with Crippen molar-refractivity contribution < 1.29 is 9.53 Å². The molecule has 0 saturated carbocycles. The van der Waals surface area contributed by atoms with Crippen molar-refractivity contribution in [2.75, 3.05) is 0 Å². The number of carbonyl (C=O) groups excluding carboxylic acids is 1. The predicted molar refractivity (Wildman–Crippen MR) is 62.1 cm³/mol. The van der Waals surface area contributed by atoms with Crippen LogP contribution in [-0.4, -0.2) is 11.0 Å². The number of hydrogen-bond donors (Lipinski definition) is 0. The quantitative estimate of drug-likeness (QED) is 0.761. The van der Waals surface area contributed by atoms with Crippen LogP contribution in [0.25, 0.3) is 0 Å². The van der Waals surface area contributed by atoms with Crippen molar-refractivity contribution in [3.63, 3.8) is 0 Å². The topological polar surface area (TPSA) is 39.2 Å². The monoisotopic (exact) mass is 233 g/mol. The van der Waals surface area contributed by atoms with E-state index in [1.807, 2.05) is 35.7 Å². The molecular weight excluding hydrogens is 222 g/mol. The maximum atomic E-state index is 11.4. The first-order valence-corrected chi connectivity index (χ1v) is 5.80. The summed E-state index contributed by atoms with van der Waals surface area (Å²) in [5.41, 5.74) is 0.995. The summed E-state index contributed by atoms with van der Waals surface area (Å²) >= 11 is 1.46. The molecule has 16 heavy (non-hydrogen) atoms. The lowest BCUT2D eigenvalue weighted by Crippen LogP contribution is -2.07. The van der Waals surface area contributed by atoms with Gasteiger partial charge in [-0.2, -0.15) is 0 Å². The largest absolute Gasteiger partial charge is 0.460 e. The van der Waals surface area contributed by atoms with E-state index in [4.69, 9.17) is 4.74 Å².